The van der Waals surface area contributed by atoms with E-state index >= 15 is 0 Å². The highest BCUT2D eigenvalue weighted by Crippen LogP contribution is 2.21. The second-order valence-corrected chi connectivity index (χ2v) is 7.38. The lowest BCUT2D eigenvalue weighted by molar-refractivity contribution is -0.118. The molecule has 3 rings (SSSR count). The van der Waals surface area contributed by atoms with Crippen LogP contribution in [0.25, 0.3) is 6.08 Å². The van der Waals surface area contributed by atoms with Crippen LogP contribution >= 0.6 is 11.6 Å². The molecule has 0 aliphatic rings. The molecule has 0 atom stereocenters. The van der Waals surface area contributed by atoms with E-state index in [0.717, 1.165) is 0 Å². The third-order valence-corrected chi connectivity index (χ3v) is 4.80. The molecule has 3 aromatic carbocycles. The molecule has 0 heterocycles. The third-order valence-electron chi connectivity index (χ3n) is 4.48. The number of anilines is 2. The number of nitrogens with zero attached hydrogens (tertiary/aromatic N) is 1. The first kappa shape index (κ1) is 24.4. The molecule has 7 nitrogen and oxygen atoms in total. The highest BCUT2D eigenvalue weighted by molar-refractivity contribution is 6.33. The average molecular weight is 476 g/mol. The van der Waals surface area contributed by atoms with E-state index in [1.807, 2.05) is 13.0 Å². The molecule has 0 saturated carbocycles. The summed E-state index contributed by atoms with van der Waals surface area (Å²) in [5, 5.41) is 15.2. The molecule has 0 spiro atoms. The van der Waals surface area contributed by atoms with Gasteiger partial charge in [-0.15, -0.1) is 0 Å². The maximum absolute atomic E-state index is 12.5. The van der Waals surface area contributed by atoms with E-state index in [1.54, 1.807) is 72.8 Å². The molecular weight excluding hydrogens is 454 g/mol. The maximum Gasteiger partial charge on any atom is 0.266 e. The van der Waals surface area contributed by atoms with Crippen LogP contribution in [0.2, 0.25) is 5.02 Å². The quantitative estimate of drug-likeness (QED) is 0.323. The van der Waals surface area contributed by atoms with Gasteiger partial charge in [-0.3, -0.25) is 9.59 Å². The van der Waals surface area contributed by atoms with Gasteiger partial charge in [0.05, 0.1) is 17.3 Å². The van der Waals surface area contributed by atoms with Crippen molar-refractivity contribution >= 4 is 40.9 Å². The molecule has 0 aliphatic heterocycles. The summed E-state index contributed by atoms with van der Waals surface area (Å²) in [6.07, 6.45) is 1.45. The summed E-state index contributed by atoms with van der Waals surface area (Å²) in [4.78, 5) is 24.7. The topological polar surface area (TPSA) is 100 Å². The zero-order valence-electron chi connectivity index (χ0n) is 18.4. The number of carbonyl (C=O) groups is 2. The molecule has 172 valence electrons. The van der Waals surface area contributed by atoms with Crippen LogP contribution in [0, 0.1) is 11.3 Å². The molecule has 0 aromatic heterocycles. The van der Waals surface area contributed by atoms with Crippen molar-refractivity contribution < 1.29 is 19.1 Å². The van der Waals surface area contributed by atoms with E-state index in [0.29, 0.717) is 40.1 Å². The second kappa shape index (κ2) is 12.1. The Bertz CT molecular complexity index is 1230. The van der Waals surface area contributed by atoms with E-state index in [4.69, 9.17) is 21.1 Å². The number of amides is 2. The highest BCUT2D eigenvalue weighted by atomic mass is 35.5. The van der Waals surface area contributed by atoms with Crippen LogP contribution in [0.15, 0.2) is 78.4 Å². The predicted molar refractivity (Wildman–Crippen MR) is 132 cm³/mol. The number of ether oxygens (including phenoxy) is 2. The summed E-state index contributed by atoms with van der Waals surface area (Å²) in [5.41, 5.74) is 1.52. The standard InChI is InChI=1S/C26H22ClN3O4/c1-2-33-21-12-10-20(11-13-21)29-26(32)19(16-28)14-18-6-5-7-22(15-18)34-17-25(31)30-24-9-4-3-8-23(24)27/h3-15H,2,17H2,1H3,(H,29,32)(H,30,31)/b19-14+. The lowest BCUT2D eigenvalue weighted by atomic mass is 10.1. The van der Waals surface area contributed by atoms with Gasteiger partial charge in [0.25, 0.3) is 11.8 Å². The van der Waals surface area contributed by atoms with E-state index in [-0.39, 0.29) is 18.1 Å². The summed E-state index contributed by atoms with van der Waals surface area (Å²) < 4.78 is 10.9. The van der Waals surface area contributed by atoms with Gasteiger partial charge in [0, 0.05) is 5.69 Å². The fourth-order valence-corrected chi connectivity index (χ4v) is 3.09. The molecule has 0 fully saturated rings. The molecule has 0 bridgehead atoms. The minimum Gasteiger partial charge on any atom is -0.494 e. The predicted octanol–water partition coefficient (Wildman–Crippen LogP) is 5.30. The summed E-state index contributed by atoms with van der Waals surface area (Å²) in [7, 11) is 0. The molecule has 2 N–H and O–H groups in total. The Labute approximate surface area is 202 Å². The van der Waals surface area contributed by atoms with Gasteiger partial charge in [0.2, 0.25) is 0 Å². The molecule has 0 unspecified atom stereocenters. The number of hydrogen-bond acceptors (Lipinski definition) is 5. The molecule has 8 heteroatoms. The number of carbonyl (C=O) groups excluding carboxylic acids is 2. The second-order valence-electron chi connectivity index (χ2n) is 6.97. The Hall–Kier alpha value is -4.28. The first-order valence-electron chi connectivity index (χ1n) is 10.4. The van der Waals surface area contributed by atoms with Crippen molar-refractivity contribution in [2.45, 2.75) is 6.92 Å². The zero-order valence-corrected chi connectivity index (χ0v) is 19.1. The van der Waals surface area contributed by atoms with E-state index in [1.165, 1.54) is 6.08 Å². The number of benzene rings is 3. The van der Waals surface area contributed by atoms with Crippen LogP contribution < -0.4 is 20.1 Å². The van der Waals surface area contributed by atoms with Crippen molar-refractivity contribution in [3.05, 3.63) is 89.0 Å². The lowest BCUT2D eigenvalue weighted by Gasteiger charge is -2.09. The SMILES string of the molecule is CCOc1ccc(NC(=O)/C(C#N)=C/c2cccc(OCC(=O)Nc3ccccc3Cl)c2)cc1. The van der Waals surface area contributed by atoms with Crippen LogP contribution in [0.5, 0.6) is 11.5 Å². The number of halogens is 1. The fourth-order valence-electron chi connectivity index (χ4n) is 2.91. The molecule has 0 aliphatic carbocycles. The van der Waals surface area contributed by atoms with Crippen molar-refractivity contribution in [2.24, 2.45) is 0 Å². The third kappa shape index (κ3) is 7.12. The van der Waals surface area contributed by atoms with Crippen LogP contribution in [0.1, 0.15) is 12.5 Å². The molecule has 0 saturated heterocycles. The van der Waals surface area contributed by atoms with Gasteiger partial charge in [-0.1, -0.05) is 35.9 Å². The fraction of sp³-hybridized carbons (Fsp3) is 0.115. The first-order chi connectivity index (χ1) is 16.5. The van der Waals surface area contributed by atoms with Gasteiger partial charge >= 0.3 is 0 Å². The average Bonchev–Trinajstić information content (AvgIpc) is 2.84. The number of para-hydroxylation sites is 1. The number of nitriles is 1. The smallest absolute Gasteiger partial charge is 0.266 e. The zero-order chi connectivity index (χ0) is 24.3. The first-order valence-corrected chi connectivity index (χ1v) is 10.8. The summed E-state index contributed by atoms with van der Waals surface area (Å²) in [6, 6.07) is 22.4. The Balaban J connectivity index is 1.62. The van der Waals surface area contributed by atoms with Crippen LogP contribution in [0.4, 0.5) is 11.4 Å². The maximum atomic E-state index is 12.5. The molecule has 0 radical (unpaired) electrons. The Morgan fingerprint density at radius 3 is 2.44 bits per heavy atom. The summed E-state index contributed by atoms with van der Waals surface area (Å²) in [5.74, 6) is 0.180. The van der Waals surface area contributed by atoms with Gasteiger partial charge in [-0.2, -0.15) is 5.26 Å². The van der Waals surface area contributed by atoms with Crippen LogP contribution in [0.3, 0.4) is 0 Å². The minimum absolute atomic E-state index is 0.0810. The molecule has 3 aromatic rings. The van der Waals surface area contributed by atoms with Crippen molar-refractivity contribution in [1.82, 2.24) is 0 Å². The van der Waals surface area contributed by atoms with Gasteiger partial charge in [0.15, 0.2) is 6.61 Å². The van der Waals surface area contributed by atoms with Crippen LogP contribution in [-0.2, 0) is 9.59 Å². The van der Waals surface area contributed by atoms with Gasteiger partial charge in [-0.25, -0.2) is 0 Å². The van der Waals surface area contributed by atoms with Gasteiger partial charge in [-0.05, 0) is 67.1 Å². The van der Waals surface area contributed by atoms with Gasteiger partial charge in [0.1, 0.15) is 23.1 Å². The Kier molecular flexibility index (Phi) is 8.67. The number of nitrogens with one attached hydrogen (secondary N) is 2. The monoisotopic (exact) mass is 475 g/mol. The van der Waals surface area contributed by atoms with Crippen molar-refractivity contribution in [3.63, 3.8) is 0 Å². The largest absolute Gasteiger partial charge is 0.494 e. The number of hydrogen-bond donors (Lipinski definition) is 2. The number of rotatable bonds is 9. The van der Waals surface area contributed by atoms with E-state index < -0.39 is 5.91 Å². The van der Waals surface area contributed by atoms with Crippen molar-refractivity contribution in [3.8, 4) is 17.6 Å². The molecule has 34 heavy (non-hydrogen) atoms. The Morgan fingerprint density at radius 1 is 0.971 bits per heavy atom. The molecular formula is C26H22ClN3O4. The highest BCUT2D eigenvalue weighted by Gasteiger charge is 2.11. The van der Waals surface area contributed by atoms with Gasteiger partial charge < -0.3 is 20.1 Å². The van der Waals surface area contributed by atoms with Crippen molar-refractivity contribution in [2.75, 3.05) is 23.8 Å². The minimum atomic E-state index is -0.544. The van der Waals surface area contributed by atoms with E-state index in [2.05, 4.69) is 10.6 Å². The lowest BCUT2D eigenvalue weighted by Crippen LogP contribution is -2.20. The normalized spacial score (nSPS) is 10.7. The summed E-state index contributed by atoms with van der Waals surface area (Å²) >= 11 is 6.04. The van der Waals surface area contributed by atoms with Crippen molar-refractivity contribution in [1.29, 1.82) is 5.26 Å². The molecule has 2 amide bonds. The van der Waals surface area contributed by atoms with Crippen LogP contribution in [-0.4, -0.2) is 25.0 Å². The van der Waals surface area contributed by atoms with E-state index in [9.17, 15) is 14.9 Å². The Morgan fingerprint density at radius 2 is 1.74 bits per heavy atom. The summed E-state index contributed by atoms with van der Waals surface area (Å²) in [6.45, 7) is 2.19.